The minimum absolute atomic E-state index is 0.191. The molecule has 0 aromatic heterocycles. The van der Waals surface area contributed by atoms with Crippen molar-refractivity contribution in [2.45, 2.75) is 32.4 Å². The van der Waals surface area contributed by atoms with Crippen molar-refractivity contribution >= 4 is 23.8 Å². The SMILES string of the molecule is CC(C)[C@H](C(=O)O[C@@H]1CCOC1=O)N1C(=O)c2ccccc2C1=O. The third kappa shape index (κ3) is 2.55. The minimum Gasteiger partial charge on any atom is -0.463 e. The molecule has 1 aromatic carbocycles. The number of rotatable bonds is 4. The van der Waals surface area contributed by atoms with Crippen molar-refractivity contribution in [2.24, 2.45) is 5.92 Å². The number of hydrogen-bond donors (Lipinski definition) is 0. The number of amides is 2. The predicted molar refractivity (Wildman–Crippen MR) is 81.0 cm³/mol. The Hall–Kier alpha value is -2.70. The number of carbonyl (C=O) groups excluding carboxylic acids is 4. The van der Waals surface area contributed by atoms with Gasteiger partial charge < -0.3 is 9.47 Å². The zero-order valence-electron chi connectivity index (χ0n) is 13.4. The smallest absolute Gasteiger partial charge is 0.347 e. The second-order valence-electron chi connectivity index (χ2n) is 6.10. The predicted octanol–water partition coefficient (Wildman–Crippen LogP) is 1.17. The number of esters is 2. The van der Waals surface area contributed by atoms with Gasteiger partial charge in [-0.2, -0.15) is 0 Å². The first-order valence-corrected chi connectivity index (χ1v) is 7.76. The van der Waals surface area contributed by atoms with Gasteiger partial charge in [-0.05, 0) is 18.1 Å². The molecule has 2 aliphatic heterocycles. The van der Waals surface area contributed by atoms with Crippen molar-refractivity contribution in [1.29, 1.82) is 0 Å². The van der Waals surface area contributed by atoms with Gasteiger partial charge in [0.25, 0.3) is 11.8 Å². The Morgan fingerprint density at radius 1 is 1.17 bits per heavy atom. The molecule has 7 heteroatoms. The Kier molecular flexibility index (Phi) is 4.09. The first-order chi connectivity index (χ1) is 11.4. The Balaban J connectivity index is 1.87. The molecule has 2 amide bonds. The fraction of sp³-hybridized carbons (Fsp3) is 0.412. The largest absolute Gasteiger partial charge is 0.463 e. The van der Waals surface area contributed by atoms with E-state index in [1.54, 1.807) is 38.1 Å². The van der Waals surface area contributed by atoms with Crippen LogP contribution in [0.25, 0.3) is 0 Å². The van der Waals surface area contributed by atoms with Gasteiger partial charge in [0.15, 0.2) is 0 Å². The van der Waals surface area contributed by atoms with Gasteiger partial charge in [-0.15, -0.1) is 0 Å². The Morgan fingerprint density at radius 3 is 2.21 bits per heavy atom. The summed E-state index contributed by atoms with van der Waals surface area (Å²) in [6.45, 7) is 3.61. The quantitative estimate of drug-likeness (QED) is 0.607. The molecule has 1 aromatic rings. The molecule has 0 unspecified atom stereocenters. The van der Waals surface area contributed by atoms with E-state index in [4.69, 9.17) is 9.47 Å². The minimum atomic E-state index is -1.09. The molecule has 24 heavy (non-hydrogen) atoms. The Morgan fingerprint density at radius 2 is 1.75 bits per heavy atom. The van der Waals surface area contributed by atoms with E-state index in [-0.39, 0.29) is 30.1 Å². The summed E-state index contributed by atoms with van der Waals surface area (Å²) < 4.78 is 9.96. The van der Waals surface area contributed by atoms with Crippen LogP contribution in [0.3, 0.4) is 0 Å². The van der Waals surface area contributed by atoms with Crippen molar-refractivity contribution < 1.29 is 28.7 Å². The maximum atomic E-state index is 12.6. The number of hydrogen-bond acceptors (Lipinski definition) is 6. The normalized spacial score (nSPS) is 21.0. The van der Waals surface area contributed by atoms with E-state index < -0.39 is 35.9 Å². The van der Waals surface area contributed by atoms with Gasteiger partial charge in [-0.1, -0.05) is 26.0 Å². The van der Waals surface area contributed by atoms with E-state index in [1.807, 2.05) is 0 Å². The second-order valence-corrected chi connectivity index (χ2v) is 6.10. The van der Waals surface area contributed by atoms with E-state index in [0.717, 1.165) is 4.90 Å². The molecule has 0 radical (unpaired) electrons. The van der Waals surface area contributed by atoms with E-state index in [0.29, 0.717) is 0 Å². The Bertz CT molecular complexity index is 691. The first-order valence-electron chi connectivity index (χ1n) is 7.76. The number of fused-ring (bicyclic) bond motifs is 1. The lowest BCUT2D eigenvalue weighted by molar-refractivity contribution is -0.164. The van der Waals surface area contributed by atoms with Gasteiger partial charge in [-0.3, -0.25) is 14.5 Å². The van der Waals surface area contributed by atoms with Crippen LogP contribution >= 0.6 is 0 Å². The first kappa shape index (κ1) is 16.2. The lowest BCUT2D eigenvalue weighted by Gasteiger charge is -2.28. The molecule has 0 aliphatic carbocycles. The summed E-state index contributed by atoms with van der Waals surface area (Å²) in [6.07, 6.45) is -0.703. The van der Waals surface area contributed by atoms with Crippen LogP contribution in [-0.4, -0.2) is 47.4 Å². The molecule has 126 valence electrons. The summed E-state index contributed by atoms with van der Waals surface area (Å²) in [5.41, 5.74) is 0.530. The van der Waals surface area contributed by atoms with Crippen molar-refractivity contribution in [3.8, 4) is 0 Å². The average molecular weight is 331 g/mol. The highest BCUT2D eigenvalue weighted by molar-refractivity contribution is 6.22. The number of ether oxygens (including phenoxy) is 2. The van der Waals surface area contributed by atoms with Crippen LogP contribution in [0.2, 0.25) is 0 Å². The fourth-order valence-electron chi connectivity index (χ4n) is 2.93. The van der Waals surface area contributed by atoms with E-state index in [9.17, 15) is 19.2 Å². The molecule has 3 rings (SSSR count). The number of benzene rings is 1. The zero-order valence-corrected chi connectivity index (χ0v) is 13.4. The van der Waals surface area contributed by atoms with Crippen molar-refractivity contribution in [1.82, 2.24) is 4.90 Å². The molecular formula is C17H17NO6. The molecule has 0 saturated carbocycles. The van der Waals surface area contributed by atoms with Gasteiger partial charge in [0.1, 0.15) is 6.04 Å². The van der Waals surface area contributed by atoms with Crippen molar-refractivity contribution in [3.63, 3.8) is 0 Å². The van der Waals surface area contributed by atoms with Crippen LogP contribution in [0, 0.1) is 5.92 Å². The van der Waals surface area contributed by atoms with Crippen LogP contribution in [0.4, 0.5) is 0 Å². The third-order valence-corrected chi connectivity index (χ3v) is 4.12. The monoisotopic (exact) mass is 331 g/mol. The summed E-state index contributed by atoms with van der Waals surface area (Å²) in [4.78, 5) is 50.1. The van der Waals surface area contributed by atoms with Crippen LogP contribution in [0.1, 0.15) is 41.0 Å². The maximum Gasteiger partial charge on any atom is 0.347 e. The fourth-order valence-corrected chi connectivity index (χ4v) is 2.93. The highest BCUT2D eigenvalue weighted by Crippen LogP contribution is 2.28. The van der Waals surface area contributed by atoms with E-state index in [2.05, 4.69) is 0 Å². The summed E-state index contributed by atoms with van der Waals surface area (Å²) in [5, 5.41) is 0. The number of carbonyl (C=O) groups is 4. The summed E-state index contributed by atoms with van der Waals surface area (Å²) in [6, 6.07) is 5.32. The third-order valence-electron chi connectivity index (χ3n) is 4.12. The lowest BCUT2D eigenvalue weighted by Crippen LogP contribution is -2.49. The van der Waals surface area contributed by atoms with Gasteiger partial charge in [0, 0.05) is 6.42 Å². The molecule has 7 nitrogen and oxygen atoms in total. The maximum absolute atomic E-state index is 12.6. The molecular weight excluding hydrogens is 314 g/mol. The van der Waals surface area contributed by atoms with Gasteiger partial charge in [0.2, 0.25) is 6.10 Å². The summed E-state index contributed by atoms with van der Waals surface area (Å²) >= 11 is 0. The van der Waals surface area contributed by atoms with Crippen molar-refractivity contribution in [2.75, 3.05) is 6.61 Å². The van der Waals surface area contributed by atoms with Gasteiger partial charge in [0.05, 0.1) is 17.7 Å². The topological polar surface area (TPSA) is 90.0 Å². The van der Waals surface area contributed by atoms with Gasteiger partial charge in [-0.25, -0.2) is 9.59 Å². The number of nitrogens with zero attached hydrogens (tertiary/aromatic N) is 1. The van der Waals surface area contributed by atoms with E-state index in [1.165, 1.54) is 0 Å². The molecule has 0 N–H and O–H groups in total. The van der Waals surface area contributed by atoms with Crippen LogP contribution in [0.15, 0.2) is 24.3 Å². The molecule has 1 saturated heterocycles. The standard InChI is InChI=1S/C17H17NO6/c1-9(2)13(17(22)24-12-7-8-23-16(12)21)18-14(19)10-5-3-4-6-11(10)15(18)20/h3-6,9,12-13H,7-8H2,1-2H3/t12-,13-/m1/s1. The molecule has 2 heterocycles. The van der Waals surface area contributed by atoms with Crippen LogP contribution < -0.4 is 0 Å². The highest BCUT2D eigenvalue weighted by Gasteiger charge is 2.45. The van der Waals surface area contributed by atoms with Crippen LogP contribution in [0.5, 0.6) is 0 Å². The zero-order chi connectivity index (χ0) is 17.4. The summed E-state index contributed by atoms with van der Waals surface area (Å²) in [7, 11) is 0. The van der Waals surface area contributed by atoms with E-state index >= 15 is 0 Å². The molecule has 0 bridgehead atoms. The molecule has 0 spiro atoms. The van der Waals surface area contributed by atoms with Crippen molar-refractivity contribution in [3.05, 3.63) is 35.4 Å². The average Bonchev–Trinajstić information content (AvgIpc) is 3.05. The highest BCUT2D eigenvalue weighted by atomic mass is 16.6. The molecule has 2 aliphatic rings. The van der Waals surface area contributed by atoms with Crippen LogP contribution in [-0.2, 0) is 19.1 Å². The summed E-state index contributed by atoms with van der Waals surface area (Å²) in [5.74, 6) is -2.80. The Labute approximate surface area is 138 Å². The lowest BCUT2D eigenvalue weighted by atomic mass is 10.0. The molecule has 1 fully saturated rings. The second kappa shape index (κ2) is 6.07. The molecule has 2 atom stereocenters. The number of cyclic esters (lactones) is 1. The number of imide groups is 1. The van der Waals surface area contributed by atoms with Gasteiger partial charge >= 0.3 is 11.9 Å².